The molecule has 2 nitrogen and oxygen atoms in total. The van der Waals surface area contributed by atoms with E-state index >= 15 is 0 Å². The Balaban J connectivity index is 1.97. The van der Waals surface area contributed by atoms with E-state index in [-0.39, 0.29) is 0 Å². The van der Waals surface area contributed by atoms with Crippen LogP contribution in [0, 0.1) is 0 Å². The predicted octanol–water partition coefficient (Wildman–Crippen LogP) is 3.69. The van der Waals surface area contributed by atoms with E-state index in [0.29, 0.717) is 0 Å². The van der Waals surface area contributed by atoms with Gasteiger partial charge in [-0.05, 0) is 19.9 Å². The zero-order chi connectivity index (χ0) is 11.2. The van der Waals surface area contributed by atoms with Gasteiger partial charge in [0.1, 0.15) is 0 Å². The molecule has 2 rings (SSSR count). The topological polar surface area (TPSA) is 24.9 Å². The number of nitrogens with zero attached hydrogens (tertiary/aromatic N) is 1. The van der Waals surface area contributed by atoms with E-state index in [1.54, 1.807) is 0 Å². The number of rotatable bonds is 3. The Hall–Kier alpha value is -0.410. The fourth-order valence-corrected chi connectivity index (χ4v) is 3.57. The van der Waals surface area contributed by atoms with Gasteiger partial charge in [0.2, 0.25) is 0 Å². The van der Waals surface area contributed by atoms with Crippen molar-refractivity contribution in [3.63, 3.8) is 0 Å². The zero-order valence-corrected chi connectivity index (χ0v) is 11.0. The fourth-order valence-electron chi connectivity index (χ4n) is 2.47. The first-order valence-electron chi connectivity index (χ1n) is 6.49. The quantitative estimate of drug-likeness (QED) is 0.868. The molecule has 1 N–H and O–H groups in total. The molecule has 0 aromatic carbocycles. The van der Waals surface area contributed by atoms with E-state index in [4.69, 9.17) is 0 Å². The van der Waals surface area contributed by atoms with Crippen LogP contribution in [0.2, 0.25) is 0 Å². The van der Waals surface area contributed by atoms with Crippen LogP contribution in [0.3, 0.4) is 0 Å². The number of aromatic nitrogens is 1. The molecule has 1 aliphatic carbocycles. The van der Waals surface area contributed by atoms with Crippen LogP contribution in [0.5, 0.6) is 0 Å². The van der Waals surface area contributed by atoms with Crippen LogP contribution in [-0.4, -0.2) is 12.0 Å². The summed E-state index contributed by atoms with van der Waals surface area (Å²) < 4.78 is 0. The average molecular weight is 238 g/mol. The van der Waals surface area contributed by atoms with Crippen LogP contribution < -0.4 is 5.32 Å². The summed E-state index contributed by atoms with van der Waals surface area (Å²) in [7, 11) is 2.00. The first kappa shape index (κ1) is 12.1. The second-order valence-electron chi connectivity index (χ2n) is 4.74. The van der Waals surface area contributed by atoms with Gasteiger partial charge in [-0.25, -0.2) is 4.98 Å². The lowest BCUT2D eigenvalue weighted by Crippen LogP contribution is -2.03. The van der Waals surface area contributed by atoms with Crippen LogP contribution in [0.4, 0.5) is 0 Å². The molecular formula is C13H22N2S. The van der Waals surface area contributed by atoms with Crippen molar-refractivity contribution in [2.75, 3.05) is 7.05 Å². The normalized spacial score (nSPS) is 19.3. The van der Waals surface area contributed by atoms with Crippen molar-refractivity contribution in [1.82, 2.24) is 10.3 Å². The van der Waals surface area contributed by atoms with Crippen molar-refractivity contribution in [2.24, 2.45) is 0 Å². The first-order valence-corrected chi connectivity index (χ1v) is 7.31. The van der Waals surface area contributed by atoms with Crippen LogP contribution in [0.1, 0.15) is 60.7 Å². The largest absolute Gasteiger partial charge is 0.315 e. The van der Waals surface area contributed by atoms with Gasteiger partial charge in [-0.3, -0.25) is 0 Å². The minimum Gasteiger partial charge on any atom is -0.315 e. The summed E-state index contributed by atoms with van der Waals surface area (Å²) in [6.45, 7) is 0.963. The third kappa shape index (κ3) is 3.29. The standard InChI is InChI=1S/C13H22N2S/c1-14-9-12-10-15-13(16-12)11-7-5-3-2-4-6-8-11/h10-11,14H,2-9H2,1H3. The molecule has 1 fully saturated rings. The highest BCUT2D eigenvalue weighted by atomic mass is 32.1. The van der Waals surface area contributed by atoms with E-state index < -0.39 is 0 Å². The van der Waals surface area contributed by atoms with Crippen molar-refractivity contribution >= 4 is 11.3 Å². The molecule has 1 heterocycles. The molecule has 0 aliphatic heterocycles. The molecule has 0 atom stereocenters. The van der Waals surface area contributed by atoms with Gasteiger partial charge in [0.15, 0.2) is 0 Å². The molecule has 1 saturated carbocycles. The van der Waals surface area contributed by atoms with Crippen LogP contribution >= 0.6 is 11.3 Å². The molecule has 0 bridgehead atoms. The lowest BCUT2D eigenvalue weighted by atomic mass is 9.92. The second-order valence-corrected chi connectivity index (χ2v) is 5.88. The summed E-state index contributed by atoms with van der Waals surface area (Å²) in [6, 6.07) is 0. The maximum atomic E-state index is 4.61. The molecule has 0 amide bonds. The Labute approximate surface area is 102 Å². The van der Waals surface area contributed by atoms with E-state index in [1.165, 1.54) is 54.8 Å². The maximum absolute atomic E-state index is 4.61. The molecule has 0 radical (unpaired) electrons. The summed E-state index contributed by atoms with van der Waals surface area (Å²) >= 11 is 1.91. The summed E-state index contributed by atoms with van der Waals surface area (Å²) in [5, 5.41) is 4.57. The highest BCUT2D eigenvalue weighted by Gasteiger charge is 2.16. The van der Waals surface area contributed by atoms with Crippen molar-refractivity contribution in [1.29, 1.82) is 0 Å². The number of hydrogen-bond acceptors (Lipinski definition) is 3. The van der Waals surface area contributed by atoms with Crippen molar-refractivity contribution in [3.8, 4) is 0 Å². The lowest BCUT2D eigenvalue weighted by Gasteiger charge is -2.17. The Morgan fingerprint density at radius 3 is 2.62 bits per heavy atom. The summed E-state index contributed by atoms with van der Waals surface area (Å²) in [5.74, 6) is 0.746. The number of nitrogens with one attached hydrogen (secondary N) is 1. The van der Waals surface area contributed by atoms with Gasteiger partial charge >= 0.3 is 0 Å². The van der Waals surface area contributed by atoms with Gasteiger partial charge in [-0.1, -0.05) is 32.1 Å². The molecule has 1 aromatic rings. The molecule has 1 aromatic heterocycles. The summed E-state index contributed by atoms with van der Waals surface area (Å²) in [4.78, 5) is 5.98. The monoisotopic (exact) mass is 238 g/mol. The van der Waals surface area contributed by atoms with Gasteiger partial charge < -0.3 is 5.32 Å². The third-order valence-corrected chi connectivity index (χ3v) is 4.54. The van der Waals surface area contributed by atoms with E-state index in [2.05, 4.69) is 16.5 Å². The van der Waals surface area contributed by atoms with E-state index in [0.717, 1.165) is 12.5 Å². The van der Waals surface area contributed by atoms with Gasteiger partial charge in [-0.2, -0.15) is 0 Å². The molecule has 1 aliphatic rings. The summed E-state index contributed by atoms with van der Waals surface area (Å²) in [5.41, 5.74) is 0. The molecule has 0 spiro atoms. The van der Waals surface area contributed by atoms with Crippen molar-refractivity contribution in [2.45, 2.75) is 57.4 Å². The Bertz CT molecular complexity index is 301. The molecule has 0 unspecified atom stereocenters. The fraction of sp³-hybridized carbons (Fsp3) is 0.769. The van der Waals surface area contributed by atoms with Crippen LogP contribution in [-0.2, 0) is 6.54 Å². The molecule has 90 valence electrons. The van der Waals surface area contributed by atoms with E-state index in [1.807, 2.05) is 18.4 Å². The van der Waals surface area contributed by atoms with E-state index in [9.17, 15) is 0 Å². The average Bonchev–Trinajstić information content (AvgIpc) is 2.66. The number of hydrogen-bond donors (Lipinski definition) is 1. The molecule has 3 heteroatoms. The van der Waals surface area contributed by atoms with Crippen LogP contribution in [0.25, 0.3) is 0 Å². The van der Waals surface area contributed by atoms with Crippen molar-refractivity contribution < 1.29 is 0 Å². The minimum atomic E-state index is 0.746. The lowest BCUT2D eigenvalue weighted by molar-refractivity contribution is 0.454. The number of thiazole rings is 1. The molecule has 16 heavy (non-hydrogen) atoms. The highest BCUT2D eigenvalue weighted by molar-refractivity contribution is 7.11. The predicted molar refractivity (Wildman–Crippen MR) is 69.9 cm³/mol. The molecular weight excluding hydrogens is 216 g/mol. The van der Waals surface area contributed by atoms with Gasteiger partial charge in [-0.15, -0.1) is 11.3 Å². The minimum absolute atomic E-state index is 0.746. The first-order chi connectivity index (χ1) is 7.90. The van der Waals surface area contributed by atoms with Gasteiger partial charge in [0.25, 0.3) is 0 Å². The zero-order valence-electron chi connectivity index (χ0n) is 10.2. The highest BCUT2D eigenvalue weighted by Crippen LogP contribution is 2.33. The maximum Gasteiger partial charge on any atom is 0.0959 e. The smallest absolute Gasteiger partial charge is 0.0959 e. The Kier molecular flexibility index (Phi) is 4.79. The van der Waals surface area contributed by atoms with Gasteiger partial charge in [0.05, 0.1) is 5.01 Å². The van der Waals surface area contributed by atoms with Crippen molar-refractivity contribution in [3.05, 3.63) is 16.1 Å². The van der Waals surface area contributed by atoms with Gasteiger partial charge in [0, 0.05) is 23.5 Å². The SMILES string of the molecule is CNCc1cnc(C2CCCCCCC2)s1. The third-order valence-electron chi connectivity index (χ3n) is 3.38. The Morgan fingerprint density at radius 1 is 1.25 bits per heavy atom. The molecule has 0 saturated heterocycles. The Morgan fingerprint density at radius 2 is 1.94 bits per heavy atom. The summed E-state index contributed by atoms with van der Waals surface area (Å²) in [6.07, 6.45) is 11.8. The van der Waals surface area contributed by atoms with Crippen LogP contribution in [0.15, 0.2) is 6.20 Å². The second kappa shape index (κ2) is 6.36.